The van der Waals surface area contributed by atoms with Crippen LogP contribution in [-0.4, -0.2) is 22.4 Å². The minimum absolute atomic E-state index is 0.0255. The second-order valence-corrected chi connectivity index (χ2v) is 8.20. The number of hydroxylamine groups is 1. The van der Waals surface area contributed by atoms with Crippen molar-refractivity contribution in [1.82, 2.24) is 9.97 Å². The fourth-order valence-corrected chi connectivity index (χ4v) is 4.05. The van der Waals surface area contributed by atoms with Gasteiger partial charge in [-0.05, 0) is 29.8 Å². The molecule has 1 aliphatic heterocycles. The average molecular weight is 490 g/mol. The van der Waals surface area contributed by atoms with Gasteiger partial charge < -0.3 is 5.32 Å². The number of rotatable bonds is 6. The molecule has 6 nitrogen and oxygen atoms in total. The van der Waals surface area contributed by atoms with E-state index in [2.05, 4.69) is 15.3 Å². The number of halogens is 3. The lowest BCUT2D eigenvalue weighted by molar-refractivity contribution is -0.138. The molecule has 0 aliphatic carbocycles. The molecule has 182 valence electrons. The van der Waals surface area contributed by atoms with Crippen molar-refractivity contribution in [2.75, 3.05) is 17.0 Å². The van der Waals surface area contributed by atoms with Crippen LogP contribution in [0.5, 0.6) is 0 Å². The first-order chi connectivity index (χ1) is 17.4. The van der Waals surface area contributed by atoms with Crippen molar-refractivity contribution in [3.05, 3.63) is 113 Å². The van der Waals surface area contributed by atoms with Gasteiger partial charge in [-0.3, -0.25) is 9.63 Å². The van der Waals surface area contributed by atoms with Crippen LogP contribution in [0.25, 0.3) is 0 Å². The first-order valence-corrected chi connectivity index (χ1v) is 11.3. The monoisotopic (exact) mass is 490 g/mol. The molecule has 1 fully saturated rings. The molecule has 1 atom stereocenters. The molecular formula is C27H21F3N4O2. The summed E-state index contributed by atoms with van der Waals surface area (Å²) in [6.45, 7) is 0.264. The van der Waals surface area contributed by atoms with Crippen molar-refractivity contribution in [3.8, 4) is 0 Å². The summed E-state index contributed by atoms with van der Waals surface area (Å²) in [5.74, 6) is -0.516. The van der Waals surface area contributed by atoms with Gasteiger partial charge in [-0.15, -0.1) is 0 Å². The summed E-state index contributed by atoms with van der Waals surface area (Å²) in [7, 11) is 0. The Labute approximate surface area is 205 Å². The van der Waals surface area contributed by atoms with Gasteiger partial charge >= 0.3 is 6.18 Å². The summed E-state index contributed by atoms with van der Waals surface area (Å²) in [5.41, 5.74) is 1.41. The van der Waals surface area contributed by atoms with E-state index in [4.69, 9.17) is 4.84 Å². The highest BCUT2D eigenvalue weighted by Crippen LogP contribution is 2.41. The van der Waals surface area contributed by atoms with Crippen LogP contribution in [0.1, 0.15) is 39.5 Å². The lowest BCUT2D eigenvalue weighted by Crippen LogP contribution is -2.26. The van der Waals surface area contributed by atoms with Crippen LogP contribution in [0, 0.1) is 0 Å². The van der Waals surface area contributed by atoms with Crippen LogP contribution in [0.2, 0.25) is 0 Å². The molecule has 0 bridgehead atoms. The smallest absolute Gasteiger partial charge is 0.324 e. The maximum atomic E-state index is 13.8. The molecule has 1 saturated heterocycles. The Kier molecular flexibility index (Phi) is 6.39. The lowest BCUT2D eigenvalue weighted by Gasteiger charge is -2.26. The molecule has 0 amide bonds. The van der Waals surface area contributed by atoms with E-state index in [9.17, 15) is 18.0 Å². The van der Waals surface area contributed by atoms with E-state index in [1.165, 1.54) is 5.06 Å². The molecule has 0 radical (unpaired) electrons. The predicted molar refractivity (Wildman–Crippen MR) is 129 cm³/mol. The fraction of sp³-hybridized carbons (Fsp3) is 0.148. The molecule has 2 heterocycles. The summed E-state index contributed by atoms with van der Waals surface area (Å²) in [5, 5.41) is 4.14. The van der Waals surface area contributed by atoms with Gasteiger partial charge in [0, 0.05) is 29.4 Å². The van der Waals surface area contributed by atoms with Crippen molar-refractivity contribution < 1.29 is 22.8 Å². The number of hydrogen-bond acceptors (Lipinski definition) is 6. The summed E-state index contributed by atoms with van der Waals surface area (Å²) in [4.78, 5) is 26.3. The highest BCUT2D eigenvalue weighted by molar-refractivity contribution is 6.09. The third-order valence-electron chi connectivity index (χ3n) is 5.81. The van der Waals surface area contributed by atoms with E-state index in [1.807, 2.05) is 36.4 Å². The lowest BCUT2D eigenvalue weighted by atomic mass is 10.0. The number of carbonyl (C=O) groups excluding carboxylic acids is 1. The van der Waals surface area contributed by atoms with Crippen LogP contribution in [0.15, 0.2) is 91.1 Å². The fourth-order valence-electron chi connectivity index (χ4n) is 4.05. The van der Waals surface area contributed by atoms with Gasteiger partial charge in [-0.1, -0.05) is 60.7 Å². The first-order valence-electron chi connectivity index (χ1n) is 11.3. The molecular weight excluding hydrogens is 469 g/mol. The number of ketones is 1. The Hall–Kier alpha value is -4.24. The van der Waals surface area contributed by atoms with Gasteiger partial charge in [-0.25, -0.2) is 10.0 Å². The zero-order valence-electron chi connectivity index (χ0n) is 18.9. The molecule has 0 spiro atoms. The first kappa shape index (κ1) is 23.5. The second-order valence-electron chi connectivity index (χ2n) is 8.20. The van der Waals surface area contributed by atoms with Crippen LogP contribution in [0.4, 0.5) is 30.6 Å². The van der Waals surface area contributed by atoms with E-state index in [0.717, 1.165) is 11.8 Å². The Balaban J connectivity index is 1.42. The standard InChI is InChI=1S/C27H21F3N4O2/c28-27(29,30)22-17-31-26(33-25(22)34-23(15-16-36-34)18-7-3-1-4-8-18)32-21-13-11-20(12-14-21)24(35)19-9-5-2-6-10-19/h1-14,17,23H,15-16H2,(H,31,32,33)/t23-/m0/s1. The van der Waals surface area contributed by atoms with Crippen molar-refractivity contribution in [2.45, 2.75) is 18.6 Å². The topological polar surface area (TPSA) is 67.4 Å². The van der Waals surface area contributed by atoms with Crippen molar-refractivity contribution in [3.63, 3.8) is 0 Å². The quantitative estimate of drug-likeness (QED) is 0.318. The summed E-state index contributed by atoms with van der Waals surface area (Å²) < 4.78 is 41.5. The molecule has 0 unspecified atom stereocenters. The van der Waals surface area contributed by atoms with Crippen LogP contribution >= 0.6 is 0 Å². The number of nitrogens with one attached hydrogen (secondary N) is 1. The van der Waals surface area contributed by atoms with Gasteiger partial charge in [0.1, 0.15) is 5.56 Å². The van der Waals surface area contributed by atoms with Crippen molar-refractivity contribution in [1.29, 1.82) is 0 Å². The van der Waals surface area contributed by atoms with Gasteiger partial charge in [0.05, 0.1) is 12.6 Å². The third kappa shape index (κ3) is 4.92. The zero-order chi connectivity index (χ0) is 25.1. The molecule has 5 rings (SSSR count). The average Bonchev–Trinajstić information content (AvgIpc) is 3.39. The number of alkyl halides is 3. The molecule has 1 N–H and O–H groups in total. The highest BCUT2D eigenvalue weighted by Gasteiger charge is 2.40. The van der Waals surface area contributed by atoms with E-state index in [1.54, 1.807) is 48.5 Å². The molecule has 1 aliphatic rings. The SMILES string of the molecule is O=C(c1ccccc1)c1ccc(Nc2ncc(C(F)(F)F)c(N3OCC[C@H]3c3ccccc3)n2)cc1. The van der Waals surface area contributed by atoms with Crippen LogP contribution in [-0.2, 0) is 11.0 Å². The van der Waals surface area contributed by atoms with Gasteiger partial charge in [0.2, 0.25) is 5.95 Å². The molecule has 1 aromatic heterocycles. The van der Waals surface area contributed by atoms with E-state index in [0.29, 0.717) is 23.2 Å². The van der Waals surface area contributed by atoms with Crippen molar-refractivity contribution >= 4 is 23.2 Å². The summed E-state index contributed by atoms with van der Waals surface area (Å²) >= 11 is 0. The van der Waals surface area contributed by atoms with Gasteiger partial charge in [-0.2, -0.15) is 18.2 Å². The zero-order valence-corrected chi connectivity index (χ0v) is 18.9. The summed E-state index contributed by atoms with van der Waals surface area (Å²) in [6.07, 6.45) is -3.40. The van der Waals surface area contributed by atoms with Gasteiger partial charge in [0.15, 0.2) is 11.6 Å². The Morgan fingerprint density at radius 1 is 0.917 bits per heavy atom. The van der Waals surface area contributed by atoms with E-state index < -0.39 is 17.8 Å². The third-order valence-corrected chi connectivity index (χ3v) is 5.81. The molecule has 9 heteroatoms. The minimum Gasteiger partial charge on any atom is -0.324 e. The molecule has 0 saturated carbocycles. The molecule has 36 heavy (non-hydrogen) atoms. The number of anilines is 3. The largest absolute Gasteiger partial charge is 0.421 e. The summed E-state index contributed by atoms with van der Waals surface area (Å²) in [6, 6.07) is 24.2. The highest BCUT2D eigenvalue weighted by atomic mass is 19.4. The normalized spacial score (nSPS) is 15.6. The number of aromatic nitrogens is 2. The van der Waals surface area contributed by atoms with E-state index in [-0.39, 0.29) is 24.2 Å². The number of carbonyl (C=O) groups is 1. The minimum atomic E-state index is -4.67. The molecule has 4 aromatic rings. The van der Waals surface area contributed by atoms with Gasteiger partial charge in [0.25, 0.3) is 0 Å². The second kappa shape index (κ2) is 9.79. The number of benzene rings is 3. The van der Waals surface area contributed by atoms with Crippen molar-refractivity contribution in [2.24, 2.45) is 0 Å². The maximum Gasteiger partial charge on any atom is 0.421 e. The number of hydrogen-bond donors (Lipinski definition) is 1. The van der Waals surface area contributed by atoms with E-state index >= 15 is 0 Å². The Morgan fingerprint density at radius 2 is 1.56 bits per heavy atom. The Morgan fingerprint density at radius 3 is 2.22 bits per heavy atom. The van der Waals surface area contributed by atoms with Crippen LogP contribution in [0.3, 0.4) is 0 Å². The maximum absolute atomic E-state index is 13.8. The predicted octanol–water partition coefficient (Wildman–Crippen LogP) is 6.35. The van der Waals surface area contributed by atoms with Crippen LogP contribution < -0.4 is 10.4 Å². The number of nitrogens with zero attached hydrogens (tertiary/aromatic N) is 3. The Bertz CT molecular complexity index is 1350. The molecule has 3 aromatic carbocycles.